The van der Waals surface area contributed by atoms with Crippen LogP contribution in [-0.4, -0.2) is 12.8 Å². The Morgan fingerprint density at radius 1 is 0.833 bits per heavy atom. The Morgan fingerprint density at radius 2 is 1.53 bits per heavy atom. The van der Waals surface area contributed by atoms with E-state index in [1.54, 1.807) is 0 Å². The van der Waals surface area contributed by atoms with E-state index < -0.39 is 0 Å². The van der Waals surface area contributed by atoms with Crippen molar-refractivity contribution in [1.29, 1.82) is 0 Å². The molecule has 0 amide bonds. The van der Waals surface area contributed by atoms with Crippen LogP contribution in [0.25, 0.3) is 22.3 Å². The molecular formula is C28H23NO. The summed E-state index contributed by atoms with van der Waals surface area (Å²) in [5.74, 6) is 1.31. The monoisotopic (exact) mass is 389 g/mol. The van der Waals surface area contributed by atoms with Crippen molar-refractivity contribution in [3.05, 3.63) is 95.6 Å². The zero-order chi connectivity index (χ0) is 20.5. The lowest BCUT2D eigenvalue weighted by Gasteiger charge is -2.22. The van der Waals surface area contributed by atoms with Gasteiger partial charge in [0.15, 0.2) is 0 Å². The molecule has 146 valence electrons. The van der Waals surface area contributed by atoms with Gasteiger partial charge in [0, 0.05) is 16.9 Å². The van der Waals surface area contributed by atoms with Crippen molar-refractivity contribution in [3.63, 3.8) is 0 Å². The van der Waals surface area contributed by atoms with Gasteiger partial charge in [-0.1, -0.05) is 56.3 Å². The highest BCUT2D eigenvalue weighted by Crippen LogP contribution is 2.51. The first-order valence-corrected chi connectivity index (χ1v) is 10.5. The fourth-order valence-corrected chi connectivity index (χ4v) is 5.23. The molecule has 2 atom stereocenters. The van der Waals surface area contributed by atoms with E-state index in [-0.39, 0.29) is 11.5 Å². The van der Waals surface area contributed by atoms with Crippen LogP contribution in [0.1, 0.15) is 36.5 Å². The molecule has 0 fully saturated rings. The lowest BCUT2D eigenvalue weighted by Crippen LogP contribution is -2.15. The molecular weight excluding hydrogens is 366 g/mol. The third-order valence-corrected chi connectivity index (χ3v) is 6.89. The number of fused-ring (bicyclic) bond motifs is 6. The highest BCUT2D eigenvalue weighted by molar-refractivity contribution is 5.85. The molecule has 3 aromatic carbocycles. The van der Waals surface area contributed by atoms with Gasteiger partial charge in [-0.3, -0.25) is 4.99 Å². The molecule has 2 aliphatic carbocycles. The number of hydrogen-bond acceptors (Lipinski definition) is 2. The molecule has 0 aromatic heterocycles. The molecule has 2 unspecified atom stereocenters. The second-order valence-electron chi connectivity index (χ2n) is 8.90. The maximum Gasteiger partial charge on any atom is 0.128 e. The van der Waals surface area contributed by atoms with Crippen molar-refractivity contribution >= 4 is 12.4 Å². The summed E-state index contributed by atoms with van der Waals surface area (Å²) in [5.41, 5.74) is 9.94. The maximum atomic E-state index is 6.12. The molecule has 3 aromatic rings. The van der Waals surface area contributed by atoms with Gasteiger partial charge < -0.3 is 4.74 Å². The number of aliphatic imine (C=N–C) groups is 1. The van der Waals surface area contributed by atoms with E-state index in [4.69, 9.17) is 4.74 Å². The summed E-state index contributed by atoms with van der Waals surface area (Å²) in [6, 6.07) is 19.9. The minimum absolute atomic E-state index is 0.0663. The average molecular weight is 389 g/mol. The minimum Gasteiger partial charge on any atom is -0.485 e. The molecule has 2 nitrogen and oxygen atoms in total. The van der Waals surface area contributed by atoms with Gasteiger partial charge in [0.25, 0.3) is 0 Å². The van der Waals surface area contributed by atoms with Gasteiger partial charge >= 0.3 is 0 Å². The zero-order valence-corrected chi connectivity index (χ0v) is 17.2. The molecule has 0 bridgehead atoms. The first-order valence-electron chi connectivity index (χ1n) is 10.5. The van der Waals surface area contributed by atoms with E-state index >= 15 is 0 Å². The predicted molar refractivity (Wildman–Crippen MR) is 124 cm³/mol. The van der Waals surface area contributed by atoms with Gasteiger partial charge in [0.2, 0.25) is 0 Å². The Hall–Kier alpha value is -3.39. The van der Waals surface area contributed by atoms with E-state index in [1.807, 2.05) is 6.07 Å². The van der Waals surface area contributed by atoms with Gasteiger partial charge in [0.05, 0.1) is 5.69 Å². The molecule has 1 heterocycles. The van der Waals surface area contributed by atoms with Crippen molar-refractivity contribution in [1.82, 2.24) is 0 Å². The summed E-state index contributed by atoms with van der Waals surface area (Å²) in [5, 5.41) is 0. The van der Waals surface area contributed by atoms with E-state index in [0.29, 0.717) is 5.92 Å². The fraction of sp³-hybridized carbons (Fsp3) is 0.179. The average Bonchev–Trinajstić information content (AvgIpc) is 3.26. The molecule has 0 N–H and O–H groups in total. The molecule has 1 aliphatic heterocycles. The fourth-order valence-electron chi connectivity index (χ4n) is 5.23. The van der Waals surface area contributed by atoms with Gasteiger partial charge in [0.1, 0.15) is 11.9 Å². The van der Waals surface area contributed by atoms with E-state index in [0.717, 1.165) is 11.4 Å². The predicted octanol–water partition coefficient (Wildman–Crippen LogP) is 6.96. The molecule has 3 aliphatic rings. The van der Waals surface area contributed by atoms with Gasteiger partial charge in [-0.2, -0.15) is 0 Å². The second-order valence-corrected chi connectivity index (χ2v) is 8.90. The number of benzene rings is 3. The Balaban J connectivity index is 1.45. The van der Waals surface area contributed by atoms with Crippen LogP contribution in [0.2, 0.25) is 0 Å². The van der Waals surface area contributed by atoms with Gasteiger partial charge in [-0.25, -0.2) is 0 Å². The van der Waals surface area contributed by atoms with E-state index in [2.05, 4.69) is 98.4 Å². The highest BCUT2D eigenvalue weighted by Gasteiger charge is 2.36. The molecule has 0 spiro atoms. The summed E-state index contributed by atoms with van der Waals surface area (Å²) < 4.78 is 6.12. The Bertz CT molecular complexity index is 1280. The molecule has 30 heavy (non-hydrogen) atoms. The third-order valence-electron chi connectivity index (χ3n) is 6.89. The molecule has 0 saturated heterocycles. The van der Waals surface area contributed by atoms with Crippen molar-refractivity contribution in [2.45, 2.75) is 31.3 Å². The summed E-state index contributed by atoms with van der Waals surface area (Å²) in [6.07, 6.45) is 8.70. The van der Waals surface area contributed by atoms with E-state index in [1.165, 1.54) is 38.9 Å². The summed E-state index contributed by atoms with van der Waals surface area (Å²) in [6.45, 7) is 8.30. The first kappa shape index (κ1) is 17.5. The highest BCUT2D eigenvalue weighted by atomic mass is 16.5. The van der Waals surface area contributed by atoms with Crippen LogP contribution in [0.3, 0.4) is 0 Å². The van der Waals surface area contributed by atoms with Crippen LogP contribution in [0, 0.1) is 0 Å². The number of rotatable bonds is 2. The molecule has 0 saturated carbocycles. The Morgan fingerprint density at radius 3 is 2.37 bits per heavy atom. The molecule has 2 heteroatoms. The summed E-state index contributed by atoms with van der Waals surface area (Å²) in [4.78, 5) is 4.14. The number of hydrogen-bond donors (Lipinski definition) is 0. The third kappa shape index (κ3) is 2.34. The van der Waals surface area contributed by atoms with Crippen molar-refractivity contribution < 1.29 is 4.74 Å². The normalized spacial score (nSPS) is 21.4. The maximum absolute atomic E-state index is 6.12. The first-order chi connectivity index (χ1) is 14.6. The van der Waals surface area contributed by atoms with E-state index in [9.17, 15) is 0 Å². The Kier molecular flexibility index (Phi) is 3.53. The van der Waals surface area contributed by atoms with Gasteiger partial charge in [-0.05, 0) is 76.5 Å². The van der Waals surface area contributed by atoms with Crippen LogP contribution in [0.15, 0.2) is 83.9 Å². The minimum atomic E-state index is -0.0663. The number of allylic oxidation sites excluding steroid dienone is 2. The lowest BCUT2D eigenvalue weighted by atomic mass is 9.81. The second kappa shape index (κ2) is 6.06. The van der Waals surface area contributed by atoms with Crippen LogP contribution >= 0.6 is 0 Å². The van der Waals surface area contributed by atoms with Crippen LogP contribution in [-0.2, 0) is 5.41 Å². The zero-order valence-electron chi connectivity index (χ0n) is 17.2. The topological polar surface area (TPSA) is 21.6 Å². The van der Waals surface area contributed by atoms with Crippen molar-refractivity contribution in [2.24, 2.45) is 4.99 Å². The molecule has 0 radical (unpaired) electrons. The standard InChI is InChI=1S/C28H23NO/c1-28(2)24-15-18(8-11-20(24)21-12-10-19(29-3)16-25(21)28)17-9-13-27-23(14-17)22-6-4-5-7-26(22)30-27/h4-16,22,26H,3H2,1-2H3. The van der Waals surface area contributed by atoms with Crippen LogP contribution < -0.4 is 4.74 Å². The quantitative estimate of drug-likeness (QED) is 0.434. The number of ether oxygens (including phenoxy) is 1. The number of nitrogens with zero attached hydrogens (tertiary/aromatic N) is 1. The van der Waals surface area contributed by atoms with Crippen molar-refractivity contribution in [2.75, 3.05) is 0 Å². The van der Waals surface area contributed by atoms with Crippen LogP contribution in [0.5, 0.6) is 5.75 Å². The molecule has 6 rings (SSSR count). The SMILES string of the molecule is C=Nc1ccc2c(c1)C(C)(C)c1cc(-c3ccc4c(c3)C3C=CC=CC3O4)ccc1-2. The van der Waals surface area contributed by atoms with Crippen molar-refractivity contribution in [3.8, 4) is 28.0 Å². The lowest BCUT2D eigenvalue weighted by molar-refractivity contribution is 0.269. The smallest absolute Gasteiger partial charge is 0.128 e. The Labute approximate surface area is 177 Å². The van der Waals surface area contributed by atoms with Crippen LogP contribution in [0.4, 0.5) is 5.69 Å². The van der Waals surface area contributed by atoms with Gasteiger partial charge in [-0.15, -0.1) is 0 Å². The largest absolute Gasteiger partial charge is 0.485 e. The summed E-state index contributed by atoms with van der Waals surface area (Å²) >= 11 is 0. The summed E-state index contributed by atoms with van der Waals surface area (Å²) in [7, 11) is 0.